The Labute approximate surface area is 113 Å². The third-order valence-corrected chi connectivity index (χ3v) is 3.30. The van der Waals surface area contributed by atoms with Crippen LogP contribution in [0.25, 0.3) is 11.1 Å². The van der Waals surface area contributed by atoms with Crippen LogP contribution < -0.4 is 0 Å². The average Bonchev–Trinajstić information content (AvgIpc) is 2.39. The van der Waals surface area contributed by atoms with Gasteiger partial charge in [-0.15, -0.1) is 0 Å². The summed E-state index contributed by atoms with van der Waals surface area (Å²) >= 11 is 2.24. The molecule has 0 N–H and O–H groups in total. The summed E-state index contributed by atoms with van der Waals surface area (Å²) < 4.78 is 5.78. The van der Waals surface area contributed by atoms with Gasteiger partial charge in [-0.05, 0) is 52.4 Å². The zero-order valence-electron chi connectivity index (χ0n) is 9.18. The molecule has 17 heavy (non-hydrogen) atoms. The molecule has 2 aromatic rings. The second-order valence-electron chi connectivity index (χ2n) is 3.43. The summed E-state index contributed by atoms with van der Waals surface area (Å²) in [6.45, 7) is 0. The Morgan fingerprint density at radius 2 is 2.18 bits per heavy atom. The molecule has 0 fully saturated rings. The first-order valence-electron chi connectivity index (χ1n) is 5.00. The Hall–Kier alpha value is -1.43. The molecule has 4 heteroatoms. The monoisotopic (exact) mass is 339 g/mol. The van der Waals surface area contributed by atoms with E-state index in [-0.39, 0.29) is 5.97 Å². The van der Waals surface area contributed by atoms with Crippen molar-refractivity contribution in [3.8, 4) is 11.1 Å². The molecule has 0 saturated heterocycles. The number of pyridine rings is 1. The van der Waals surface area contributed by atoms with Crippen molar-refractivity contribution in [1.82, 2.24) is 4.98 Å². The van der Waals surface area contributed by atoms with Gasteiger partial charge < -0.3 is 4.74 Å². The number of aromatic nitrogens is 1. The molecular formula is C13H10INO2. The fraction of sp³-hybridized carbons (Fsp3) is 0.0769. The maximum absolute atomic E-state index is 11.5. The highest BCUT2D eigenvalue weighted by Gasteiger charge is 2.09. The second kappa shape index (κ2) is 5.27. The van der Waals surface area contributed by atoms with Gasteiger partial charge in [-0.2, -0.15) is 0 Å². The van der Waals surface area contributed by atoms with Crippen LogP contribution in [0.3, 0.4) is 0 Å². The van der Waals surface area contributed by atoms with E-state index in [1.807, 2.05) is 24.3 Å². The summed E-state index contributed by atoms with van der Waals surface area (Å²) in [7, 11) is 1.38. The van der Waals surface area contributed by atoms with Crippen LogP contribution in [-0.2, 0) is 4.74 Å². The summed E-state index contributed by atoms with van der Waals surface area (Å²) in [5.74, 6) is -0.327. The number of carbonyl (C=O) groups excluding carboxylic acids is 1. The topological polar surface area (TPSA) is 39.2 Å². The molecule has 0 aliphatic rings. The third-order valence-electron chi connectivity index (χ3n) is 2.36. The minimum Gasteiger partial charge on any atom is -0.465 e. The van der Waals surface area contributed by atoms with Gasteiger partial charge in [-0.1, -0.05) is 6.07 Å². The second-order valence-corrected chi connectivity index (χ2v) is 4.59. The molecule has 0 radical (unpaired) electrons. The smallest absolute Gasteiger partial charge is 0.337 e. The van der Waals surface area contributed by atoms with Crippen LogP contribution in [0.15, 0.2) is 42.7 Å². The van der Waals surface area contributed by atoms with Crippen LogP contribution >= 0.6 is 22.6 Å². The number of nitrogens with zero attached hydrogens (tertiary/aromatic N) is 1. The van der Waals surface area contributed by atoms with Crippen molar-refractivity contribution in [2.75, 3.05) is 7.11 Å². The maximum Gasteiger partial charge on any atom is 0.337 e. The number of ether oxygens (including phenoxy) is 1. The zero-order chi connectivity index (χ0) is 12.3. The first kappa shape index (κ1) is 12.0. The van der Waals surface area contributed by atoms with Crippen molar-refractivity contribution in [2.24, 2.45) is 0 Å². The summed E-state index contributed by atoms with van der Waals surface area (Å²) in [5, 5.41) is 0. The molecule has 0 unspecified atom stereocenters. The van der Waals surface area contributed by atoms with Crippen molar-refractivity contribution in [1.29, 1.82) is 0 Å². The summed E-state index contributed by atoms with van der Waals surface area (Å²) in [6.07, 6.45) is 3.50. The van der Waals surface area contributed by atoms with Crippen LogP contribution in [-0.4, -0.2) is 18.1 Å². The van der Waals surface area contributed by atoms with Gasteiger partial charge in [0.1, 0.15) is 0 Å². The predicted molar refractivity (Wildman–Crippen MR) is 73.7 cm³/mol. The number of carbonyl (C=O) groups is 1. The van der Waals surface area contributed by atoms with Gasteiger partial charge >= 0.3 is 5.97 Å². The van der Waals surface area contributed by atoms with E-state index in [9.17, 15) is 4.79 Å². The van der Waals surface area contributed by atoms with Crippen LogP contribution in [0.5, 0.6) is 0 Å². The molecule has 86 valence electrons. The normalized spacial score (nSPS) is 10.0. The van der Waals surface area contributed by atoms with Crippen LogP contribution in [0.4, 0.5) is 0 Å². The fourth-order valence-electron chi connectivity index (χ4n) is 1.51. The maximum atomic E-state index is 11.5. The van der Waals surface area contributed by atoms with Crippen molar-refractivity contribution < 1.29 is 9.53 Å². The van der Waals surface area contributed by atoms with Crippen LogP contribution in [0.1, 0.15) is 10.4 Å². The van der Waals surface area contributed by atoms with Gasteiger partial charge in [0.2, 0.25) is 0 Å². The fourth-order valence-corrected chi connectivity index (χ4v) is 2.16. The number of rotatable bonds is 2. The number of hydrogen-bond acceptors (Lipinski definition) is 3. The lowest BCUT2D eigenvalue weighted by Crippen LogP contribution is -2.01. The Kier molecular flexibility index (Phi) is 3.73. The SMILES string of the molecule is COC(=O)c1ccc(I)c(-c2cccnc2)c1. The van der Waals surface area contributed by atoms with Crippen LogP contribution in [0, 0.1) is 3.57 Å². The van der Waals surface area contributed by atoms with Gasteiger partial charge in [0, 0.05) is 21.5 Å². The molecule has 1 aromatic carbocycles. The number of hydrogen-bond donors (Lipinski definition) is 0. The molecule has 2 rings (SSSR count). The third kappa shape index (κ3) is 2.63. The quantitative estimate of drug-likeness (QED) is 0.623. The number of esters is 1. The molecule has 1 aromatic heterocycles. The molecular weight excluding hydrogens is 329 g/mol. The molecule has 0 atom stereocenters. The number of methoxy groups -OCH3 is 1. The highest BCUT2D eigenvalue weighted by molar-refractivity contribution is 14.1. The summed E-state index contributed by atoms with van der Waals surface area (Å²) in [5.41, 5.74) is 2.52. The Bertz CT molecular complexity index is 540. The molecule has 0 spiro atoms. The molecule has 3 nitrogen and oxygen atoms in total. The molecule has 0 saturated carbocycles. The number of benzene rings is 1. The van der Waals surface area contributed by atoms with Gasteiger partial charge in [0.25, 0.3) is 0 Å². The van der Waals surface area contributed by atoms with E-state index >= 15 is 0 Å². The lowest BCUT2D eigenvalue weighted by Gasteiger charge is -2.06. The van der Waals surface area contributed by atoms with Gasteiger partial charge in [0.15, 0.2) is 0 Å². The van der Waals surface area contributed by atoms with Crippen molar-refractivity contribution in [3.05, 3.63) is 51.9 Å². The average molecular weight is 339 g/mol. The van der Waals surface area contributed by atoms with E-state index in [0.717, 1.165) is 14.7 Å². The van der Waals surface area contributed by atoms with E-state index in [2.05, 4.69) is 27.6 Å². The lowest BCUT2D eigenvalue weighted by molar-refractivity contribution is 0.0601. The minimum atomic E-state index is -0.327. The Balaban J connectivity index is 2.50. The minimum absolute atomic E-state index is 0.327. The van der Waals surface area contributed by atoms with E-state index in [4.69, 9.17) is 4.74 Å². The predicted octanol–water partition coefficient (Wildman–Crippen LogP) is 3.14. The van der Waals surface area contributed by atoms with Crippen LogP contribution in [0.2, 0.25) is 0 Å². The van der Waals surface area contributed by atoms with E-state index in [0.29, 0.717) is 5.56 Å². The number of halogens is 1. The molecule has 1 heterocycles. The van der Waals surface area contributed by atoms with E-state index < -0.39 is 0 Å². The molecule has 0 bridgehead atoms. The van der Waals surface area contributed by atoms with Crippen molar-refractivity contribution >= 4 is 28.6 Å². The zero-order valence-corrected chi connectivity index (χ0v) is 11.3. The van der Waals surface area contributed by atoms with Gasteiger partial charge in [-0.25, -0.2) is 4.79 Å². The van der Waals surface area contributed by atoms with Gasteiger partial charge in [-0.3, -0.25) is 4.98 Å². The molecule has 0 aliphatic heterocycles. The Morgan fingerprint density at radius 1 is 1.35 bits per heavy atom. The molecule has 0 aliphatic carbocycles. The highest BCUT2D eigenvalue weighted by Crippen LogP contribution is 2.25. The standard InChI is InChI=1S/C13H10INO2/c1-17-13(16)9-4-5-12(14)11(7-9)10-3-2-6-15-8-10/h2-8H,1H3. The first-order chi connectivity index (χ1) is 8.22. The van der Waals surface area contributed by atoms with E-state index in [1.54, 1.807) is 18.5 Å². The summed E-state index contributed by atoms with van der Waals surface area (Å²) in [6, 6.07) is 9.31. The Morgan fingerprint density at radius 3 is 2.82 bits per heavy atom. The first-order valence-corrected chi connectivity index (χ1v) is 6.08. The highest BCUT2D eigenvalue weighted by atomic mass is 127. The van der Waals surface area contributed by atoms with Gasteiger partial charge in [0.05, 0.1) is 12.7 Å². The van der Waals surface area contributed by atoms with E-state index in [1.165, 1.54) is 7.11 Å². The van der Waals surface area contributed by atoms with Crippen molar-refractivity contribution in [2.45, 2.75) is 0 Å². The largest absolute Gasteiger partial charge is 0.465 e. The molecule has 0 amide bonds. The lowest BCUT2D eigenvalue weighted by atomic mass is 10.1. The summed E-state index contributed by atoms with van der Waals surface area (Å²) in [4.78, 5) is 15.5. The van der Waals surface area contributed by atoms with Crippen molar-refractivity contribution in [3.63, 3.8) is 0 Å².